The summed E-state index contributed by atoms with van der Waals surface area (Å²) in [7, 11) is -4.00. The fourth-order valence-corrected chi connectivity index (χ4v) is 1.63. The van der Waals surface area contributed by atoms with Gasteiger partial charge in [0.2, 0.25) is 5.50 Å². The van der Waals surface area contributed by atoms with E-state index in [0.29, 0.717) is 0 Å². The summed E-state index contributed by atoms with van der Waals surface area (Å²) in [6.45, 7) is 0. The third-order valence-corrected chi connectivity index (χ3v) is 2.47. The van der Waals surface area contributed by atoms with Crippen LogP contribution in [-0.4, -0.2) is 20.0 Å². The van der Waals surface area contributed by atoms with E-state index in [1.807, 2.05) is 5.92 Å². The maximum Gasteiger partial charge on any atom is 0.301 e. The molecule has 1 heterocycles. The van der Waals surface area contributed by atoms with Crippen LogP contribution < -0.4 is 0 Å². The molecule has 1 saturated heterocycles. The van der Waals surface area contributed by atoms with Crippen molar-refractivity contribution in [3.63, 3.8) is 0 Å². The molecule has 2 atom stereocenters. The minimum Gasteiger partial charge on any atom is -0.251 e. The molecule has 0 bridgehead atoms. The maximum atomic E-state index is 12.3. The van der Waals surface area contributed by atoms with Gasteiger partial charge in [-0.15, -0.1) is 6.42 Å². The lowest BCUT2D eigenvalue weighted by molar-refractivity contribution is 0.291. The molecule has 0 aromatic heterocycles. The van der Waals surface area contributed by atoms with E-state index in [2.05, 4.69) is 4.18 Å². The third kappa shape index (κ3) is 1.13. The molecule has 10 heavy (non-hydrogen) atoms. The van der Waals surface area contributed by atoms with Gasteiger partial charge < -0.3 is 0 Å². The highest BCUT2D eigenvalue weighted by molar-refractivity contribution is 7.87. The van der Waals surface area contributed by atoms with Crippen molar-refractivity contribution in [1.82, 2.24) is 0 Å². The summed E-state index contributed by atoms with van der Waals surface area (Å²) in [6.07, 6.45) is 3.64. The van der Waals surface area contributed by atoms with Gasteiger partial charge in [0.1, 0.15) is 6.10 Å². The zero-order chi connectivity index (χ0) is 7.78. The first-order valence-electron chi connectivity index (χ1n) is 2.58. The van der Waals surface area contributed by atoms with Crippen LogP contribution in [-0.2, 0) is 14.3 Å². The highest BCUT2D eigenvalue weighted by atomic mass is 32.2. The van der Waals surface area contributed by atoms with Crippen LogP contribution in [0.25, 0.3) is 0 Å². The Morgan fingerprint density at radius 1 is 1.70 bits per heavy atom. The fourth-order valence-electron chi connectivity index (χ4n) is 0.643. The molecular weight excluding hydrogens is 159 g/mol. The number of halogens is 1. The monoisotopic (exact) mass is 164 g/mol. The highest BCUT2D eigenvalue weighted by Gasteiger charge is 2.38. The van der Waals surface area contributed by atoms with E-state index in [-0.39, 0.29) is 6.42 Å². The molecule has 1 aliphatic rings. The molecule has 2 unspecified atom stereocenters. The van der Waals surface area contributed by atoms with Gasteiger partial charge in [-0.25, -0.2) is 4.39 Å². The zero-order valence-corrected chi connectivity index (χ0v) is 5.77. The van der Waals surface area contributed by atoms with Gasteiger partial charge in [-0.3, -0.25) is 4.18 Å². The molecule has 0 saturated carbocycles. The Morgan fingerprint density at radius 3 is 2.50 bits per heavy atom. The van der Waals surface area contributed by atoms with Crippen LogP contribution in [0.4, 0.5) is 4.39 Å². The molecular formula is C5H5FO3S. The largest absolute Gasteiger partial charge is 0.301 e. The Labute approximate surface area is 58.3 Å². The van der Waals surface area contributed by atoms with Crippen molar-refractivity contribution in [3.8, 4) is 12.3 Å². The Bertz CT molecular complexity index is 263. The van der Waals surface area contributed by atoms with Crippen LogP contribution in [0.5, 0.6) is 0 Å². The van der Waals surface area contributed by atoms with Crippen LogP contribution in [0.2, 0.25) is 0 Å². The summed E-state index contributed by atoms with van der Waals surface area (Å²) < 4.78 is 37.4. The summed E-state index contributed by atoms with van der Waals surface area (Å²) in [5.74, 6) is 2.01. The molecule has 0 spiro atoms. The van der Waals surface area contributed by atoms with Gasteiger partial charge in [0.15, 0.2) is 0 Å². The minimum absolute atomic E-state index is 0.251. The van der Waals surface area contributed by atoms with E-state index < -0.39 is 21.7 Å². The molecule has 3 nitrogen and oxygen atoms in total. The first-order valence-corrected chi connectivity index (χ1v) is 4.05. The van der Waals surface area contributed by atoms with Crippen molar-refractivity contribution >= 4 is 10.1 Å². The van der Waals surface area contributed by atoms with Gasteiger partial charge in [0, 0.05) is 6.42 Å². The molecule has 0 aromatic rings. The average Bonchev–Trinajstić information content (AvgIpc) is 2.08. The molecule has 1 rings (SSSR count). The lowest BCUT2D eigenvalue weighted by atomic mass is 10.3. The molecule has 1 fully saturated rings. The molecule has 0 aromatic carbocycles. The van der Waals surface area contributed by atoms with Crippen molar-refractivity contribution in [2.24, 2.45) is 0 Å². The van der Waals surface area contributed by atoms with Crippen molar-refractivity contribution in [1.29, 1.82) is 0 Å². The Hall–Kier alpha value is -0.600. The summed E-state index contributed by atoms with van der Waals surface area (Å²) in [5.41, 5.74) is -1.95. The van der Waals surface area contributed by atoms with E-state index in [1.165, 1.54) is 0 Å². The summed E-state index contributed by atoms with van der Waals surface area (Å²) in [6, 6.07) is 0. The summed E-state index contributed by atoms with van der Waals surface area (Å²) >= 11 is 0. The molecule has 56 valence electrons. The van der Waals surface area contributed by atoms with Crippen LogP contribution in [0.1, 0.15) is 6.42 Å². The minimum atomic E-state index is -4.00. The van der Waals surface area contributed by atoms with Gasteiger partial charge >= 0.3 is 10.1 Å². The molecule has 5 heteroatoms. The van der Waals surface area contributed by atoms with E-state index in [0.717, 1.165) is 0 Å². The van der Waals surface area contributed by atoms with Crippen molar-refractivity contribution < 1.29 is 17.0 Å². The van der Waals surface area contributed by atoms with Gasteiger partial charge in [0.05, 0.1) is 0 Å². The second kappa shape index (κ2) is 2.22. The number of alkyl halides is 1. The standard InChI is InChI=1S/C5H5FO3S/c1-2-4-3-5(6)10(7,8)9-4/h1,4-5H,3H2. The van der Waals surface area contributed by atoms with Crippen LogP contribution in [0.15, 0.2) is 0 Å². The molecule has 0 aliphatic carbocycles. The van der Waals surface area contributed by atoms with Gasteiger partial charge in [0.25, 0.3) is 0 Å². The quantitative estimate of drug-likeness (QED) is 0.375. The van der Waals surface area contributed by atoms with Gasteiger partial charge in [-0.05, 0) is 0 Å². The number of terminal acetylenes is 1. The second-order valence-electron chi connectivity index (χ2n) is 1.89. The lowest BCUT2D eigenvalue weighted by Crippen LogP contribution is -2.07. The number of hydrogen-bond donors (Lipinski definition) is 0. The first kappa shape index (κ1) is 7.51. The molecule has 0 radical (unpaired) electrons. The Morgan fingerprint density at radius 2 is 2.30 bits per heavy atom. The molecule has 0 N–H and O–H groups in total. The van der Waals surface area contributed by atoms with E-state index in [9.17, 15) is 12.8 Å². The second-order valence-corrected chi connectivity index (χ2v) is 3.58. The highest BCUT2D eigenvalue weighted by Crippen LogP contribution is 2.23. The third-order valence-electron chi connectivity index (χ3n) is 1.15. The maximum absolute atomic E-state index is 12.3. The Kier molecular flexibility index (Phi) is 1.67. The number of hydrogen-bond acceptors (Lipinski definition) is 3. The normalized spacial score (nSPS) is 37.2. The van der Waals surface area contributed by atoms with E-state index in [4.69, 9.17) is 6.42 Å². The zero-order valence-electron chi connectivity index (χ0n) is 4.95. The SMILES string of the molecule is C#CC1CC(F)S(=O)(=O)O1. The van der Waals surface area contributed by atoms with Gasteiger partial charge in [-0.2, -0.15) is 8.42 Å². The topological polar surface area (TPSA) is 43.4 Å². The van der Waals surface area contributed by atoms with Crippen molar-refractivity contribution in [2.75, 3.05) is 0 Å². The first-order chi connectivity index (χ1) is 4.56. The Balaban J connectivity index is 2.84. The lowest BCUT2D eigenvalue weighted by Gasteiger charge is -1.93. The van der Waals surface area contributed by atoms with E-state index >= 15 is 0 Å². The predicted octanol–water partition coefficient (Wildman–Crippen LogP) is 0.0339. The fraction of sp³-hybridized carbons (Fsp3) is 0.600. The smallest absolute Gasteiger partial charge is 0.251 e. The molecule has 0 amide bonds. The number of rotatable bonds is 0. The van der Waals surface area contributed by atoms with Crippen LogP contribution in [0, 0.1) is 12.3 Å². The van der Waals surface area contributed by atoms with Crippen molar-refractivity contribution in [3.05, 3.63) is 0 Å². The van der Waals surface area contributed by atoms with Crippen LogP contribution >= 0.6 is 0 Å². The average molecular weight is 164 g/mol. The van der Waals surface area contributed by atoms with Crippen LogP contribution in [0.3, 0.4) is 0 Å². The summed E-state index contributed by atoms with van der Waals surface area (Å²) in [4.78, 5) is 0. The summed E-state index contributed by atoms with van der Waals surface area (Å²) in [5, 5.41) is 0. The molecule has 1 aliphatic heterocycles. The predicted molar refractivity (Wildman–Crippen MR) is 32.1 cm³/mol. The van der Waals surface area contributed by atoms with Crippen molar-refractivity contribution in [2.45, 2.75) is 18.0 Å². The van der Waals surface area contributed by atoms with Gasteiger partial charge in [-0.1, -0.05) is 5.92 Å². The van der Waals surface area contributed by atoms with E-state index in [1.54, 1.807) is 0 Å².